The molecule has 28 heavy (non-hydrogen) atoms. The molecule has 0 unspecified atom stereocenters. The van der Waals surface area contributed by atoms with E-state index in [9.17, 15) is 8.42 Å². The van der Waals surface area contributed by atoms with Crippen molar-refractivity contribution < 1.29 is 17.7 Å². The van der Waals surface area contributed by atoms with Crippen LogP contribution in [0.2, 0.25) is 0 Å². The highest BCUT2D eigenvalue weighted by Gasteiger charge is 2.30. The summed E-state index contributed by atoms with van der Waals surface area (Å²) in [6.07, 6.45) is 0. The smallest absolute Gasteiger partial charge is 0.248 e. The summed E-state index contributed by atoms with van der Waals surface area (Å²) in [5.41, 5.74) is 2.35. The molecule has 0 atom stereocenters. The highest BCUT2D eigenvalue weighted by atomic mass is 32.2. The SMILES string of the molecule is CCN(Cc1ccc(OCc2ccccc2)cc1)S(=O)(=O)c1c(C)noc1C. The minimum Gasteiger partial charge on any atom is -0.489 e. The van der Waals surface area contributed by atoms with Gasteiger partial charge in [0.1, 0.15) is 22.9 Å². The van der Waals surface area contributed by atoms with Crippen LogP contribution in [0.3, 0.4) is 0 Å². The highest BCUT2D eigenvalue weighted by molar-refractivity contribution is 7.89. The van der Waals surface area contributed by atoms with Gasteiger partial charge in [-0.25, -0.2) is 8.42 Å². The van der Waals surface area contributed by atoms with Crippen LogP contribution in [-0.2, 0) is 23.2 Å². The summed E-state index contributed by atoms with van der Waals surface area (Å²) in [6.45, 7) is 6.16. The third kappa shape index (κ3) is 4.43. The van der Waals surface area contributed by atoms with Crippen LogP contribution >= 0.6 is 0 Å². The maximum Gasteiger partial charge on any atom is 0.248 e. The molecular formula is C21H24N2O4S. The molecule has 0 N–H and O–H groups in total. The van der Waals surface area contributed by atoms with E-state index in [-0.39, 0.29) is 11.4 Å². The van der Waals surface area contributed by atoms with Gasteiger partial charge in [-0.3, -0.25) is 0 Å². The van der Waals surface area contributed by atoms with Gasteiger partial charge in [-0.2, -0.15) is 4.31 Å². The van der Waals surface area contributed by atoms with Crippen molar-refractivity contribution in [3.8, 4) is 5.75 Å². The summed E-state index contributed by atoms with van der Waals surface area (Å²) in [7, 11) is -3.68. The molecule has 0 aliphatic heterocycles. The zero-order valence-electron chi connectivity index (χ0n) is 16.3. The van der Waals surface area contributed by atoms with Crippen LogP contribution in [0.15, 0.2) is 64.0 Å². The molecule has 7 heteroatoms. The van der Waals surface area contributed by atoms with Gasteiger partial charge in [-0.05, 0) is 37.1 Å². The molecule has 0 amide bonds. The van der Waals surface area contributed by atoms with Gasteiger partial charge < -0.3 is 9.26 Å². The Morgan fingerprint density at radius 3 is 2.25 bits per heavy atom. The molecule has 6 nitrogen and oxygen atoms in total. The topological polar surface area (TPSA) is 72.6 Å². The van der Waals surface area contributed by atoms with Crippen molar-refractivity contribution in [1.29, 1.82) is 0 Å². The van der Waals surface area contributed by atoms with Gasteiger partial charge in [0.2, 0.25) is 10.0 Å². The van der Waals surface area contributed by atoms with Crippen molar-refractivity contribution in [3.05, 3.63) is 77.2 Å². The molecular weight excluding hydrogens is 376 g/mol. The van der Waals surface area contributed by atoms with Gasteiger partial charge in [-0.15, -0.1) is 0 Å². The molecule has 2 aromatic carbocycles. The molecule has 0 aliphatic carbocycles. The van der Waals surface area contributed by atoms with E-state index in [1.165, 1.54) is 4.31 Å². The van der Waals surface area contributed by atoms with Crippen LogP contribution in [0.4, 0.5) is 0 Å². The average Bonchev–Trinajstić information content (AvgIpc) is 3.05. The van der Waals surface area contributed by atoms with Gasteiger partial charge in [0.25, 0.3) is 0 Å². The fourth-order valence-electron chi connectivity index (χ4n) is 2.97. The Bertz CT molecular complexity index is 993. The van der Waals surface area contributed by atoms with E-state index in [1.54, 1.807) is 13.8 Å². The minimum absolute atomic E-state index is 0.150. The number of ether oxygens (including phenoxy) is 1. The van der Waals surface area contributed by atoms with Crippen LogP contribution in [-0.4, -0.2) is 24.4 Å². The first-order valence-corrected chi connectivity index (χ1v) is 10.5. The van der Waals surface area contributed by atoms with Gasteiger partial charge in [0.15, 0.2) is 5.76 Å². The van der Waals surface area contributed by atoms with Crippen LogP contribution in [0.5, 0.6) is 5.75 Å². The van der Waals surface area contributed by atoms with Gasteiger partial charge >= 0.3 is 0 Å². The normalized spacial score (nSPS) is 11.7. The predicted octanol–water partition coefficient (Wildman–Crippen LogP) is 4.08. The van der Waals surface area contributed by atoms with E-state index < -0.39 is 10.0 Å². The average molecular weight is 401 g/mol. The number of nitrogens with zero attached hydrogens (tertiary/aromatic N) is 2. The lowest BCUT2D eigenvalue weighted by molar-refractivity contribution is 0.306. The molecule has 3 aromatic rings. The lowest BCUT2D eigenvalue weighted by atomic mass is 10.2. The third-order valence-corrected chi connectivity index (χ3v) is 6.61. The molecule has 0 bridgehead atoms. The first-order chi connectivity index (χ1) is 13.4. The summed E-state index contributed by atoms with van der Waals surface area (Å²) < 4.78 is 38.2. The number of aromatic nitrogens is 1. The highest BCUT2D eigenvalue weighted by Crippen LogP contribution is 2.25. The molecule has 0 saturated carbocycles. The van der Waals surface area contributed by atoms with Gasteiger partial charge in [0, 0.05) is 13.1 Å². The second kappa shape index (κ2) is 8.58. The Hall–Kier alpha value is -2.64. The lowest BCUT2D eigenvalue weighted by Crippen LogP contribution is -2.31. The molecule has 148 valence electrons. The van der Waals surface area contributed by atoms with Crippen molar-refractivity contribution in [2.75, 3.05) is 6.54 Å². The molecule has 0 aliphatic rings. The zero-order chi connectivity index (χ0) is 20.1. The number of sulfonamides is 1. The van der Waals surface area contributed by atoms with Crippen LogP contribution < -0.4 is 4.74 Å². The molecule has 0 saturated heterocycles. The maximum absolute atomic E-state index is 13.0. The molecule has 0 spiro atoms. The Balaban J connectivity index is 1.70. The van der Waals surface area contributed by atoms with Crippen molar-refractivity contribution in [2.45, 2.75) is 38.8 Å². The Morgan fingerprint density at radius 1 is 1.00 bits per heavy atom. The standard InChI is InChI=1S/C21H24N2O4S/c1-4-23(28(24,25)21-16(2)22-27-17(21)3)14-18-10-12-20(13-11-18)26-15-19-8-6-5-7-9-19/h5-13H,4,14-15H2,1-3H3. The van der Waals surface area contributed by atoms with E-state index in [0.717, 1.165) is 16.9 Å². The summed E-state index contributed by atoms with van der Waals surface area (Å²) in [5, 5.41) is 3.77. The number of hydrogen-bond donors (Lipinski definition) is 0. The minimum atomic E-state index is -3.68. The van der Waals surface area contributed by atoms with Gasteiger partial charge in [0.05, 0.1) is 0 Å². The number of benzene rings is 2. The number of aryl methyl sites for hydroxylation is 2. The van der Waals surface area contributed by atoms with Crippen molar-refractivity contribution in [2.24, 2.45) is 0 Å². The second-order valence-electron chi connectivity index (χ2n) is 6.50. The Kier molecular flexibility index (Phi) is 6.16. The number of rotatable bonds is 8. The number of hydrogen-bond acceptors (Lipinski definition) is 5. The predicted molar refractivity (Wildman–Crippen MR) is 106 cm³/mol. The van der Waals surface area contributed by atoms with E-state index >= 15 is 0 Å². The van der Waals surface area contributed by atoms with Crippen LogP contribution in [0, 0.1) is 13.8 Å². The van der Waals surface area contributed by atoms with Crippen LogP contribution in [0.1, 0.15) is 29.5 Å². The molecule has 3 rings (SSSR count). The second-order valence-corrected chi connectivity index (χ2v) is 8.38. The molecule has 0 fully saturated rings. The van der Waals surface area contributed by atoms with Crippen molar-refractivity contribution in [1.82, 2.24) is 9.46 Å². The Labute approximate surface area is 165 Å². The fraction of sp³-hybridized carbons (Fsp3) is 0.286. The van der Waals surface area contributed by atoms with Crippen molar-refractivity contribution in [3.63, 3.8) is 0 Å². The monoisotopic (exact) mass is 400 g/mol. The maximum atomic E-state index is 13.0. The van der Waals surface area contributed by atoms with Gasteiger partial charge in [-0.1, -0.05) is 54.5 Å². The molecule has 0 radical (unpaired) electrons. The first kappa shape index (κ1) is 20.1. The molecule has 1 aromatic heterocycles. The quantitative estimate of drug-likeness (QED) is 0.570. The summed E-state index contributed by atoms with van der Waals surface area (Å²) in [4.78, 5) is 0.150. The summed E-state index contributed by atoms with van der Waals surface area (Å²) >= 11 is 0. The third-order valence-electron chi connectivity index (χ3n) is 4.45. The summed E-state index contributed by atoms with van der Waals surface area (Å²) in [5.74, 6) is 1.05. The van der Waals surface area contributed by atoms with E-state index in [0.29, 0.717) is 24.6 Å². The largest absolute Gasteiger partial charge is 0.489 e. The fourth-order valence-corrected chi connectivity index (χ4v) is 4.70. The first-order valence-electron chi connectivity index (χ1n) is 9.10. The zero-order valence-corrected chi connectivity index (χ0v) is 17.1. The lowest BCUT2D eigenvalue weighted by Gasteiger charge is -2.20. The van der Waals surface area contributed by atoms with Crippen molar-refractivity contribution >= 4 is 10.0 Å². The summed E-state index contributed by atoms with van der Waals surface area (Å²) in [6, 6.07) is 17.4. The van der Waals surface area contributed by atoms with E-state index in [1.807, 2.05) is 61.5 Å². The molecule has 1 heterocycles. The van der Waals surface area contributed by atoms with E-state index in [2.05, 4.69) is 5.16 Å². The van der Waals surface area contributed by atoms with Crippen LogP contribution in [0.25, 0.3) is 0 Å². The Morgan fingerprint density at radius 2 is 1.68 bits per heavy atom. The van der Waals surface area contributed by atoms with E-state index in [4.69, 9.17) is 9.26 Å².